The van der Waals surface area contributed by atoms with Crippen LogP contribution in [0.2, 0.25) is 0 Å². The van der Waals surface area contributed by atoms with E-state index < -0.39 is 0 Å². The molecule has 1 N–H and O–H groups in total. The van der Waals surface area contributed by atoms with Crippen LogP contribution in [0.1, 0.15) is 12.8 Å². The Bertz CT molecular complexity index is 257. The van der Waals surface area contributed by atoms with Crippen LogP contribution < -0.4 is 5.32 Å². The zero-order valence-electron chi connectivity index (χ0n) is 8.80. The molecule has 1 saturated heterocycles. The highest BCUT2D eigenvalue weighted by molar-refractivity contribution is 4.68. The Labute approximate surface area is 89.0 Å². The largest absolute Gasteiger partial charge is 0.379 e. The fraction of sp³-hybridized carbons (Fsp3) is 0.889. The Balaban J connectivity index is 1.54. The molecule has 0 bridgehead atoms. The van der Waals surface area contributed by atoms with Gasteiger partial charge in [0.25, 0.3) is 0 Å². The molecule has 1 aromatic rings. The minimum absolute atomic E-state index is 0.674. The van der Waals surface area contributed by atoms with Crippen LogP contribution >= 0.6 is 0 Å². The quantitative estimate of drug-likeness (QED) is 0.677. The van der Waals surface area contributed by atoms with Crippen molar-refractivity contribution in [3.05, 3.63) is 6.33 Å². The summed E-state index contributed by atoms with van der Waals surface area (Å²) in [6.45, 7) is 4.50. The third-order valence-corrected chi connectivity index (χ3v) is 2.61. The van der Waals surface area contributed by atoms with E-state index in [4.69, 9.17) is 4.74 Å². The Morgan fingerprint density at radius 1 is 1.53 bits per heavy atom. The summed E-state index contributed by atoms with van der Waals surface area (Å²) < 4.78 is 7.27. The van der Waals surface area contributed by atoms with E-state index in [-0.39, 0.29) is 0 Å². The molecule has 1 atom stereocenters. The second-order valence-electron chi connectivity index (χ2n) is 3.86. The summed E-state index contributed by atoms with van der Waals surface area (Å²) in [7, 11) is 0. The molecule has 6 heteroatoms. The summed E-state index contributed by atoms with van der Waals surface area (Å²) in [5.41, 5.74) is 0. The summed E-state index contributed by atoms with van der Waals surface area (Å²) in [5.74, 6) is 0.674. The minimum Gasteiger partial charge on any atom is -0.379 e. The number of hydrogen-bond donors (Lipinski definition) is 1. The lowest BCUT2D eigenvalue weighted by Crippen LogP contribution is -2.32. The predicted octanol–water partition coefficient (Wildman–Crippen LogP) is -0.311. The maximum atomic E-state index is 5.59. The summed E-state index contributed by atoms with van der Waals surface area (Å²) in [6.07, 6.45) is 4.14. The fourth-order valence-electron chi connectivity index (χ4n) is 1.76. The number of piperidine rings is 1. The number of rotatable bonds is 5. The molecule has 15 heavy (non-hydrogen) atoms. The molecule has 0 radical (unpaired) electrons. The van der Waals surface area contributed by atoms with Crippen molar-refractivity contribution in [2.75, 3.05) is 26.3 Å². The molecule has 2 rings (SSSR count). The van der Waals surface area contributed by atoms with Gasteiger partial charge in [-0.15, -0.1) is 5.10 Å². The van der Waals surface area contributed by atoms with E-state index in [1.54, 1.807) is 11.0 Å². The van der Waals surface area contributed by atoms with Crippen molar-refractivity contribution < 1.29 is 4.74 Å². The second kappa shape index (κ2) is 5.77. The maximum Gasteiger partial charge on any atom is 0.138 e. The Morgan fingerprint density at radius 2 is 2.53 bits per heavy atom. The van der Waals surface area contributed by atoms with Crippen molar-refractivity contribution in [1.82, 2.24) is 25.5 Å². The second-order valence-corrected chi connectivity index (χ2v) is 3.86. The predicted molar refractivity (Wildman–Crippen MR) is 54.2 cm³/mol. The molecular weight excluding hydrogens is 194 g/mol. The summed E-state index contributed by atoms with van der Waals surface area (Å²) in [4.78, 5) is 0. The number of hydrogen-bond acceptors (Lipinski definition) is 5. The van der Waals surface area contributed by atoms with Crippen LogP contribution in [0.5, 0.6) is 0 Å². The monoisotopic (exact) mass is 211 g/mol. The van der Waals surface area contributed by atoms with Gasteiger partial charge in [0.1, 0.15) is 6.33 Å². The number of aromatic nitrogens is 4. The molecule has 0 aliphatic carbocycles. The van der Waals surface area contributed by atoms with Crippen molar-refractivity contribution in [3.8, 4) is 0 Å². The lowest BCUT2D eigenvalue weighted by Gasteiger charge is -2.22. The van der Waals surface area contributed by atoms with Crippen LogP contribution in [-0.2, 0) is 11.3 Å². The molecule has 0 aromatic carbocycles. The summed E-state index contributed by atoms with van der Waals surface area (Å²) in [6, 6.07) is 0. The Kier molecular flexibility index (Phi) is 4.04. The third-order valence-electron chi connectivity index (χ3n) is 2.61. The van der Waals surface area contributed by atoms with Gasteiger partial charge in [0.15, 0.2) is 0 Å². The lowest BCUT2D eigenvalue weighted by molar-refractivity contribution is 0.0822. The smallest absolute Gasteiger partial charge is 0.138 e. The first-order chi connectivity index (χ1) is 7.45. The number of nitrogens with one attached hydrogen (secondary N) is 1. The molecule has 0 unspecified atom stereocenters. The van der Waals surface area contributed by atoms with Crippen LogP contribution in [0.25, 0.3) is 0 Å². The molecule has 0 amide bonds. The molecule has 1 aromatic heterocycles. The molecule has 1 aliphatic rings. The molecular formula is C9H17N5O. The highest BCUT2D eigenvalue weighted by Gasteiger charge is 2.12. The van der Waals surface area contributed by atoms with Crippen LogP contribution in [0, 0.1) is 5.92 Å². The number of nitrogens with zero attached hydrogens (tertiary/aromatic N) is 4. The van der Waals surface area contributed by atoms with E-state index in [1.165, 1.54) is 12.8 Å². The normalized spacial score (nSPS) is 21.7. The van der Waals surface area contributed by atoms with Crippen LogP contribution in [-0.4, -0.2) is 46.5 Å². The van der Waals surface area contributed by atoms with E-state index >= 15 is 0 Å². The van der Waals surface area contributed by atoms with Crippen LogP contribution in [0.3, 0.4) is 0 Å². The first kappa shape index (κ1) is 10.5. The average Bonchev–Trinajstić information content (AvgIpc) is 2.79. The highest BCUT2D eigenvalue weighted by Crippen LogP contribution is 2.09. The number of tetrazole rings is 1. The highest BCUT2D eigenvalue weighted by atomic mass is 16.5. The van der Waals surface area contributed by atoms with E-state index in [0.29, 0.717) is 12.5 Å². The van der Waals surface area contributed by atoms with Gasteiger partial charge >= 0.3 is 0 Å². The lowest BCUT2D eigenvalue weighted by atomic mass is 10.0. The van der Waals surface area contributed by atoms with Crippen molar-refractivity contribution in [2.24, 2.45) is 5.92 Å². The summed E-state index contributed by atoms with van der Waals surface area (Å²) >= 11 is 0. The first-order valence-corrected chi connectivity index (χ1v) is 5.44. The van der Waals surface area contributed by atoms with Gasteiger partial charge in [-0.05, 0) is 35.7 Å². The van der Waals surface area contributed by atoms with E-state index in [9.17, 15) is 0 Å². The van der Waals surface area contributed by atoms with Gasteiger partial charge in [-0.3, -0.25) is 0 Å². The van der Waals surface area contributed by atoms with E-state index in [0.717, 1.165) is 26.2 Å². The Hall–Kier alpha value is -1.01. The van der Waals surface area contributed by atoms with Crippen molar-refractivity contribution in [3.63, 3.8) is 0 Å². The molecule has 1 aliphatic heterocycles. The first-order valence-electron chi connectivity index (χ1n) is 5.44. The van der Waals surface area contributed by atoms with Gasteiger partial charge < -0.3 is 10.1 Å². The van der Waals surface area contributed by atoms with Crippen molar-refractivity contribution in [1.29, 1.82) is 0 Å². The molecule has 1 fully saturated rings. The van der Waals surface area contributed by atoms with Gasteiger partial charge in [0, 0.05) is 6.54 Å². The fourth-order valence-corrected chi connectivity index (χ4v) is 1.76. The van der Waals surface area contributed by atoms with Gasteiger partial charge in [0.2, 0.25) is 0 Å². The molecule has 2 heterocycles. The molecule has 6 nitrogen and oxygen atoms in total. The van der Waals surface area contributed by atoms with Crippen LogP contribution in [0.4, 0.5) is 0 Å². The van der Waals surface area contributed by atoms with E-state index in [1.807, 2.05) is 0 Å². The SMILES string of the molecule is c1nnnn1CCOC[C@H]1CCCNC1. The Morgan fingerprint density at radius 3 is 3.27 bits per heavy atom. The average molecular weight is 211 g/mol. The van der Waals surface area contributed by atoms with Gasteiger partial charge in [-0.2, -0.15) is 0 Å². The number of ether oxygens (including phenoxy) is 1. The standard InChI is InChI=1S/C9H17N5O/c1-2-9(6-10-3-1)7-15-5-4-14-8-11-12-13-14/h8-10H,1-7H2/t9-/m0/s1. The van der Waals surface area contributed by atoms with E-state index in [2.05, 4.69) is 20.8 Å². The molecule has 84 valence electrons. The maximum absolute atomic E-state index is 5.59. The van der Waals surface area contributed by atoms with Gasteiger partial charge in [0.05, 0.1) is 19.8 Å². The zero-order valence-corrected chi connectivity index (χ0v) is 8.80. The molecule has 0 spiro atoms. The van der Waals surface area contributed by atoms with Crippen molar-refractivity contribution in [2.45, 2.75) is 19.4 Å². The topological polar surface area (TPSA) is 64.9 Å². The summed E-state index contributed by atoms with van der Waals surface area (Å²) in [5, 5.41) is 14.3. The van der Waals surface area contributed by atoms with Gasteiger partial charge in [-0.1, -0.05) is 0 Å². The minimum atomic E-state index is 0.674. The van der Waals surface area contributed by atoms with Crippen LogP contribution in [0.15, 0.2) is 6.33 Å². The van der Waals surface area contributed by atoms with Crippen molar-refractivity contribution >= 4 is 0 Å². The zero-order chi connectivity index (χ0) is 10.3. The van der Waals surface area contributed by atoms with Gasteiger partial charge in [-0.25, -0.2) is 4.68 Å². The third kappa shape index (κ3) is 3.56. The molecule has 0 saturated carbocycles.